The number of aryl methyl sites for hydroxylation is 1. The Morgan fingerprint density at radius 2 is 2.18 bits per heavy atom. The van der Waals surface area contributed by atoms with Crippen molar-refractivity contribution in [2.45, 2.75) is 31.5 Å². The van der Waals surface area contributed by atoms with Gasteiger partial charge >= 0.3 is 6.18 Å². The van der Waals surface area contributed by atoms with Gasteiger partial charge < -0.3 is 15.0 Å². The molecule has 1 heterocycles. The van der Waals surface area contributed by atoms with Crippen LogP contribution in [0.2, 0.25) is 0 Å². The van der Waals surface area contributed by atoms with E-state index in [1.54, 1.807) is 0 Å². The summed E-state index contributed by atoms with van der Waals surface area (Å²) in [5.74, 6) is 0.157. The fraction of sp³-hybridized carbons (Fsp3) is 0.778. The second kappa shape index (κ2) is 5.97. The van der Waals surface area contributed by atoms with Crippen molar-refractivity contribution in [1.82, 2.24) is 10.1 Å². The van der Waals surface area contributed by atoms with Crippen LogP contribution in [0.5, 0.6) is 0 Å². The maximum Gasteiger partial charge on any atom is 0.389 e. The highest BCUT2D eigenvalue weighted by atomic mass is 19.4. The molecule has 1 atom stereocenters. The molecule has 1 unspecified atom stereocenters. The Bertz CT molecular complexity index is 340. The number of nitrogens with zero attached hydrogens (tertiary/aromatic N) is 2. The van der Waals surface area contributed by atoms with Gasteiger partial charge in [0.2, 0.25) is 5.89 Å². The molecule has 1 aromatic rings. The van der Waals surface area contributed by atoms with Crippen LogP contribution in [0.3, 0.4) is 0 Å². The molecule has 0 aliphatic heterocycles. The highest BCUT2D eigenvalue weighted by Gasteiger charge is 2.27. The summed E-state index contributed by atoms with van der Waals surface area (Å²) in [7, 11) is 1.52. The molecule has 98 valence electrons. The van der Waals surface area contributed by atoms with Crippen LogP contribution in [0.15, 0.2) is 4.52 Å². The van der Waals surface area contributed by atoms with Gasteiger partial charge in [-0.1, -0.05) is 5.16 Å². The molecule has 8 heteroatoms. The Morgan fingerprint density at radius 1 is 1.47 bits per heavy atom. The molecule has 0 bridgehead atoms. The summed E-state index contributed by atoms with van der Waals surface area (Å²) in [6, 6.07) is -0.512. The lowest BCUT2D eigenvalue weighted by Crippen LogP contribution is -2.13. The standard InChI is InChI=1S/C9H14F3N3O2/c1-16-5-3-6(13)8-14-7(15-17-8)2-4-9(10,11)12/h6H,2-5,13H2,1H3. The first-order chi connectivity index (χ1) is 7.92. The normalized spacial score (nSPS) is 13.9. The van der Waals surface area contributed by atoms with E-state index in [1.807, 2.05) is 0 Å². The number of hydrogen-bond acceptors (Lipinski definition) is 5. The molecular weight excluding hydrogens is 239 g/mol. The first kappa shape index (κ1) is 13.9. The number of hydrogen-bond donors (Lipinski definition) is 1. The van der Waals surface area contributed by atoms with Gasteiger partial charge in [0.1, 0.15) is 0 Å². The van der Waals surface area contributed by atoms with Gasteiger partial charge in [-0.15, -0.1) is 0 Å². The molecule has 5 nitrogen and oxygen atoms in total. The molecule has 0 aromatic carbocycles. The van der Waals surface area contributed by atoms with Crippen LogP contribution in [0.4, 0.5) is 13.2 Å². The van der Waals surface area contributed by atoms with Crippen LogP contribution in [0.25, 0.3) is 0 Å². The summed E-state index contributed by atoms with van der Waals surface area (Å²) >= 11 is 0. The van der Waals surface area contributed by atoms with Crippen molar-refractivity contribution in [2.75, 3.05) is 13.7 Å². The van der Waals surface area contributed by atoms with E-state index in [-0.39, 0.29) is 18.1 Å². The number of halogens is 3. The second-order valence-electron chi connectivity index (χ2n) is 3.55. The Kier molecular flexibility index (Phi) is 4.88. The van der Waals surface area contributed by atoms with Crippen LogP contribution in [0, 0.1) is 0 Å². The van der Waals surface area contributed by atoms with Gasteiger partial charge in [-0.3, -0.25) is 0 Å². The smallest absolute Gasteiger partial charge is 0.385 e. The van der Waals surface area contributed by atoms with Gasteiger partial charge in [-0.05, 0) is 6.42 Å². The SMILES string of the molecule is COCCC(N)c1nc(CCC(F)(F)F)no1. The predicted octanol–water partition coefficient (Wildman–Crippen LogP) is 1.60. The molecule has 0 fully saturated rings. The summed E-state index contributed by atoms with van der Waals surface area (Å²) in [6.07, 6.45) is -5.03. The van der Waals surface area contributed by atoms with Crippen LogP contribution >= 0.6 is 0 Å². The Balaban J connectivity index is 2.47. The molecule has 17 heavy (non-hydrogen) atoms. The average Bonchev–Trinajstić information content (AvgIpc) is 2.70. The van der Waals surface area contributed by atoms with Crippen molar-refractivity contribution in [3.8, 4) is 0 Å². The highest BCUT2D eigenvalue weighted by Crippen LogP contribution is 2.21. The molecule has 0 saturated carbocycles. The number of alkyl halides is 3. The van der Waals surface area contributed by atoms with E-state index < -0.39 is 18.6 Å². The zero-order valence-corrected chi connectivity index (χ0v) is 9.33. The molecule has 0 saturated heterocycles. The quantitative estimate of drug-likeness (QED) is 0.833. The van der Waals surface area contributed by atoms with Crippen molar-refractivity contribution < 1.29 is 22.4 Å². The first-order valence-corrected chi connectivity index (χ1v) is 5.06. The molecule has 2 N–H and O–H groups in total. The van der Waals surface area contributed by atoms with Gasteiger partial charge in [0.15, 0.2) is 5.82 Å². The van der Waals surface area contributed by atoms with E-state index in [0.29, 0.717) is 13.0 Å². The van der Waals surface area contributed by atoms with E-state index in [0.717, 1.165) is 0 Å². The molecule has 0 spiro atoms. The highest BCUT2D eigenvalue weighted by molar-refractivity contribution is 4.92. The summed E-state index contributed by atoms with van der Waals surface area (Å²) < 4.78 is 45.4. The number of ether oxygens (including phenoxy) is 1. The van der Waals surface area contributed by atoms with E-state index in [2.05, 4.69) is 10.1 Å². The minimum absolute atomic E-state index is 0.0187. The maximum atomic E-state index is 11.9. The molecule has 1 rings (SSSR count). The fourth-order valence-electron chi connectivity index (χ4n) is 1.14. The molecule has 0 aliphatic rings. The maximum absolute atomic E-state index is 11.9. The summed E-state index contributed by atoms with van der Waals surface area (Å²) in [5.41, 5.74) is 5.68. The van der Waals surface area contributed by atoms with Gasteiger partial charge in [-0.2, -0.15) is 18.2 Å². The van der Waals surface area contributed by atoms with E-state index in [1.165, 1.54) is 7.11 Å². The number of nitrogens with two attached hydrogens (primary N) is 1. The van der Waals surface area contributed by atoms with Gasteiger partial charge in [-0.25, -0.2) is 0 Å². The molecule has 1 aromatic heterocycles. The van der Waals surface area contributed by atoms with Crippen molar-refractivity contribution in [3.05, 3.63) is 11.7 Å². The Hall–Kier alpha value is -1.15. The van der Waals surface area contributed by atoms with Crippen LogP contribution in [-0.4, -0.2) is 30.0 Å². The molecule has 0 aliphatic carbocycles. The number of aromatic nitrogens is 2. The summed E-state index contributed by atoms with van der Waals surface area (Å²) in [4.78, 5) is 3.81. The van der Waals surface area contributed by atoms with Crippen molar-refractivity contribution >= 4 is 0 Å². The molecule has 0 amide bonds. The third kappa shape index (κ3) is 5.14. The minimum atomic E-state index is -4.22. The van der Waals surface area contributed by atoms with Crippen molar-refractivity contribution in [1.29, 1.82) is 0 Å². The summed E-state index contributed by atoms with van der Waals surface area (Å²) in [5, 5.41) is 3.44. The number of rotatable bonds is 6. The predicted molar refractivity (Wildman–Crippen MR) is 52.1 cm³/mol. The third-order valence-corrected chi connectivity index (χ3v) is 2.07. The zero-order chi connectivity index (χ0) is 12.9. The first-order valence-electron chi connectivity index (χ1n) is 5.06. The lowest BCUT2D eigenvalue weighted by atomic mass is 10.2. The largest absolute Gasteiger partial charge is 0.389 e. The average molecular weight is 253 g/mol. The van der Waals surface area contributed by atoms with E-state index >= 15 is 0 Å². The van der Waals surface area contributed by atoms with Crippen molar-refractivity contribution in [2.24, 2.45) is 5.73 Å². The topological polar surface area (TPSA) is 74.2 Å². The third-order valence-electron chi connectivity index (χ3n) is 2.07. The van der Waals surface area contributed by atoms with E-state index in [9.17, 15) is 13.2 Å². The van der Waals surface area contributed by atoms with Crippen molar-refractivity contribution in [3.63, 3.8) is 0 Å². The van der Waals surface area contributed by atoms with Crippen LogP contribution in [-0.2, 0) is 11.2 Å². The second-order valence-corrected chi connectivity index (χ2v) is 3.55. The number of methoxy groups -OCH3 is 1. The van der Waals surface area contributed by atoms with Gasteiger partial charge in [0.25, 0.3) is 0 Å². The summed E-state index contributed by atoms with van der Waals surface area (Å²) in [6.45, 7) is 0.418. The van der Waals surface area contributed by atoms with E-state index in [4.69, 9.17) is 15.0 Å². The minimum Gasteiger partial charge on any atom is -0.385 e. The lowest BCUT2D eigenvalue weighted by molar-refractivity contribution is -0.134. The molecular formula is C9H14F3N3O2. The lowest BCUT2D eigenvalue weighted by Gasteiger charge is -2.04. The van der Waals surface area contributed by atoms with Gasteiger partial charge in [0, 0.05) is 20.1 Å². The van der Waals surface area contributed by atoms with Crippen LogP contribution in [0.1, 0.15) is 30.6 Å². The Morgan fingerprint density at radius 3 is 2.76 bits per heavy atom. The monoisotopic (exact) mass is 253 g/mol. The zero-order valence-electron chi connectivity index (χ0n) is 9.33. The van der Waals surface area contributed by atoms with Gasteiger partial charge in [0.05, 0.1) is 12.5 Å². The molecule has 0 radical (unpaired) electrons. The Labute approximate surface area is 96.1 Å². The van der Waals surface area contributed by atoms with Crippen LogP contribution < -0.4 is 5.73 Å². The fourth-order valence-corrected chi connectivity index (χ4v) is 1.14.